The highest BCUT2D eigenvalue weighted by molar-refractivity contribution is 7.14. The zero-order valence-electron chi connectivity index (χ0n) is 11.4. The van der Waals surface area contributed by atoms with E-state index >= 15 is 0 Å². The van der Waals surface area contributed by atoms with Crippen LogP contribution >= 0.6 is 11.3 Å². The van der Waals surface area contributed by atoms with Gasteiger partial charge < -0.3 is 5.32 Å². The lowest BCUT2D eigenvalue weighted by Gasteiger charge is -2.03. The zero-order valence-corrected chi connectivity index (χ0v) is 12.2. The molecule has 104 valence electrons. The monoisotopic (exact) mass is 294 g/mol. The second-order valence-electron chi connectivity index (χ2n) is 5.33. The molecule has 3 nitrogen and oxygen atoms in total. The Morgan fingerprint density at radius 2 is 1.95 bits per heavy atom. The first-order valence-corrected chi connectivity index (χ1v) is 7.94. The Labute approximate surface area is 126 Å². The number of nitrogens with one attached hydrogen (secondary N) is 1. The Hall–Kier alpha value is -2.20. The van der Waals surface area contributed by atoms with E-state index in [-0.39, 0.29) is 11.8 Å². The van der Waals surface area contributed by atoms with Gasteiger partial charge in [0, 0.05) is 16.9 Å². The third-order valence-corrected chi connectivity index (χ3v) is 4.51. The molecule has 4 heteroatoms. The molecule has 0 saturated heterocycles. The molecule has 0 atom stereocenters. The van der Waals surface area contributed by atoms with E-state index in [1.807, 2.05) is 23.6 Å². The van der Waals surface area contributed by atoms with Crippen LogP contribution in [0.2, 0.25) is 0 Å². The van der Waals surface area contributed by atoms with Crippen molar-refractivity contribution in [2.75, 3.05) is 5.32 Å². The lowest BCUT2D eigenvalue weighted by molar-refractivity contribution is -0.117. The number of anilines is 1. The number of carbonyl (C=O) groups is 1. The molecule has 0 unspecified atom stereocenters. The van der Waals surface area contributed by atoms with Crippen LogP contribution in [0.5, 0.6) is 0 Å². The smallest absolute Gasteiger partial charge is 0.229 e. The minimum absolute atomic E-state index is 0.105. The van der Waals surface area contributed by atoms with Crippen molar-refractivity contribution in [3.63, 3.8) is 0 Å². The van der Waals surface area contributed by atoms with Gasteiger partial charge in [-0.05, 0) is 23.6 Å². The Morgan fingerprint density at radius 1 is 1.14 bits per heavy atom. The third-order valence-electron chi connectivity index (χ3n) is 3.75. The number of hydrogen-bond donors (Lipinski definition) is 1. The van der Waals surface area contributed by atoms with E-state index in [2.05, 4.69) is 34.6 Å². The fraction of sp³-hybridized carbons (Fsp3) is 0.176. The molecule has 1 aromatic heterocycles. The molecule has 0 bridgehead atoms. The predicted octanol–water partition coefficient (Wildman–Crippen LogP) is 4.31. The lowest BCUT2D eigenvalue weighted by Crippen LogP contribution is -2.12. The maximum atomic E-state index is 11.8. The van der Waals surface area contributed by atoms with Crippen molar-refractivity contribution in [1.82, 2.24) is 4.98 Å². The van der Waals surface area contributed by atoms with Gasteiger partial charge >= 0.3 is 0 Å². The summed E-state index contributed by atoms with van der Waals surface area (Å²) in [5.74, 6) is 0.309. The summed E-state index contributed by atoms with van der Waals surface area (Å²) in [5.41, 5.74) is 2.03. The minimum atomic E-state index is 0.105. The Bertz CT molecular complexity index is 815. The number of nitrogens with zero attached hydrogens (tertiary/aromatic N) is 1. The van der Waals surface area contributed by atoms with Gasteiger partial charge in [-0.1, -0.05) is 42.5 Å². The molecule has 1 aliphatic carbocycles. The fourth-order valence-electron chi connectivity index (χ4n) is 2.46. The summed E-state index contributed by atoms with van der Waals surface area (Å²) in [6.07, 6.45) is 2.01. The van der Waals surface area contributed by atoms with E-state index < -0.39 is 0 Å². The average Bonchev–Trinajstić information content (AvgIpc) is 3.27. The van der Waals surface area contributed by atoms with Crippen LogP contribution in [-0.4, -0.2) is 10.9 Å². The van der Waals surface area contributed by atoms with Crippen molar-refractivity contribution in [3.8, 4) is 11.3 Å². The Kier molecular flexibility index (Phi) is 2.97. The molecule has 2 aromatic carbocycles. The van der Waals surface area contributed by atoms with E-state index in [9.17, 15) is 4.79 Å². The van der Waals surface area contributed by atoms with Crippen LogP contribution in [0.15, 0.2) is 47.8 Å². The first kappa shape index (κ1) is 12.5. The number of benzene rings is 2. The molecule has 1 amide bonds. The third kappa shape index (κ3) is 2.43. The highest BCUT2D eigenvalue weighted by Gasteiger charge is 2.30. The minimum Gasteiger partial charge on any atom is -0.302 e. The largest absolute Gasteiger partial charge is 0.302 e. The van der Waals surface area contributed by atoms with Gasteiger partial charge in [0.1, 0.15) is 0 Å². The summed E-state index contributed by atoms with van der Waals surface area (Å²) in [5, 5.41) is 7.99. The normalized spacial score (nSPS) is 14.3. The SMILES string of the molecule is O=C(Nc1nc(-c2cccc3ccccc23)cs1)C1CC1. The van der Waals surface area contributed by atoms with Gasteiger partial charge in [-0.15, -0.1) is 11.3 Å². The molecule has 1 aliphatic rings. The maximum Gasteiger partial charge on any atom is 0.229 e. The number of rotatable bonds is 3. The number of carbonyl (C=O) groups excluding carboxylic acids is 1. The van der Waals surface area contributed by atoms with Crippen LogP contribution < -0.4 is 5.32 Å². The molecule has 21 heavy (non-hydrogen) atoms. The molecule has 1 N–H and O–H groups in total. The summed E-state index contributed by atoms with van der Waals surface area (Å²) < 4.78 is 0. The van der Waals surface area contributed by atoms with Crippen LogP contribution in [0.25, 0.3) is 22.0 Å². The molecule has 4 rings (SSSR count). The van der Waals surface area contributed by atoms with Gasteiger partial charge in [0.05, 0.1) is 5.69 Å². The fourth-order valence-corrected chi connectivity index (χ4v) is 3.17. The topological polar surface area (TPSA) is 42.0 Å². The quantitative estimate of drug-likeness (QED) is 0.782. The van der Waals surface area contributed by atoms with Crippen molar-refractivity contribution >= 4 is 33.1 Å². The maximum absolute atomic E-state index is 11.8. The Balaban J connectivity index is 1.69. The number of hydrogen-bond acceptors (Lipinski definition) is 3. The molecule has 3 aromatic rings. The number of thiazole rings is 1. The summed E-state index contributed by atoms with van der Waals surface area (Å²) in [7, 11) is 0. The standard InChI is InChI=1S/C17H14N2OS/c20-16(12-8-9-12)19-17-18-15(10-21-17)14-7-3-5-11-4-1-2-6-13(11)14/h1-7,10,12H,8-9H2,(H,18,19,20). The summed E-state index contributed by atoms with van der Waals surface area (Å²) >= 11 is 1.48. The van der Waals surface area contributed by atoms with Crippen LogP contribution in [0.1, 0.15) is 12.8 Å². The Morgan fingerprint density at radius 3 is 2.81 bits per heavy atom. The zero-order chi connectivity index (χ0) is 14.2. The highest BCUT2D eigenvalue weighted by atomic mass is 32.1. The van der Waals surface area contributed by atoms with E-state index in [1.165, 1.54) is 22.1 Å². The van der Waals surface area contributed by atoms with E-state index in [0.29, 0.717) is 5.13 Å². The molecule has 1 saturated carbocycles. The van der Waals surface area contributed by atoms with Gasteiger partial charge in [0.2, 0.25) is 5.91 Å². The molecule has 1 heterocycles. The second kappa shape index (κ2) is 4.97. The van der Waals surface area contributed by atoms with Crippen LogP contribution in [-0.2, 0) is 4.79 Å². The van der Waals surface area contributed by atoms with Gasteiger partial charge in [0.25, 0.3) is 0 Å². The van der Waals surface area contributed by atoms with Crippen LogP contribution in [0.3, 0.4) is 0 Å². The lowest BCUT2D eigenvalue weighted by atomic mass is 10.0. The summed E-state index contributed by atoms with van der Waals surface area (Å²) in [6, 6.07) is 14.5. The van der Waals surface area contributed by atoms with Gasteiger partial charge in [-0.2, -0.15) is 0 Å². The molecular weight excluding hydrogens is 280 g/mol. The van der Waals surface area contributed by atoms with Crippen molar-refractivity contribution in [3.05, 3.63) is 47.8 Å². The summed E-state index contributed by atoms with van der Waals surface area (Å²) in [4.78, 5) is 16.4. The van der Waals surface area contributed by atoms with E-state index in [0.717, 1.165) is 24.1 Å². The van der Waals surface area contributed by atoms with Crippen LogP contribution in [0, 0.1) is 5.92 Å². The highest BCUT2D eigenvalue weighted by Crippen LogP contribution is 2.33. The molecule has 1 fully saturated rings. The molecular formula is C17H14N2OS. The van der Waals surface area contributed by atoms with Crippen molar-refractivity contribution in [1.29, 1.82) is 0 Å². The van der Waals surface area contributed by atoms with E-state index in [4.69, 9.17) is 0 Å². The molecule has 0 radical (unpaired) electrons. The second-order valence-corrected chi connectivity index (χ2v) is 6.19. The van der Waals surface area contributed by atoms with Crippen molar-refractivity contribution < 1.29 is 4.79 Å². The number of fused-ring (bicyclic) bond motifs is 1. The van der Waals surface area contributed by atoms with Crippen molar-refractivity contribution in [2.45, 2.75) is 12.8 Å². The predicted molar refractivity (Wildman–Crippen MR) is 86.4 cm³/mol. The molecule has 0 aliphatic heterocycles. The number of aromatic nitrogens is 1. The average molecular weight is 294 g/mol. The van der Waals surface area contributed by atoms with Gasteiger partial charge in [0.15, 0.2) is 5.13 Å². The summed E-state index contributed by atoms with van der Waals surface area (Å²) in [6.45, 7) is 0. The van der Waals surface area contributed by atoms with E-state index in [1.54, 1.807) is 0 Å². The first-order chi connectivity index (χ1) is 10.3. The first-order valence-electron chi connectivity index (χ1n) is 7.06. The van der Waals surface area contributed by atoms with Gasteiger partial charge in [-0.25, -0.2) is 4.98 Å². The molecule has 0 spiro atoms. The number of amides is 1. The van der Waals surface area contributed by atoms with Gasteiger partial charge in [-0.3, -0.25) is 4.79 Å². The van der Waals surface area contributed by atoms with Crippen molar-refractivity contribution in [2.24, 2.45) is 5.92 Å². The van der Waals surface area contributed by atoms with Crippen LogP contribution in [0.4, 0.5) is 5.13 Å².